The third kappa shape index (κ3) is 2.20. The van der Waals surface area contributed by atoms with Gasteiger partial charge in [-0.15, -0.1) is 0 Å². The molecule has 0 saturated carbocycles. The lowest BCUT2D eigenvalue weighted by atomic mass is 9.90. The summed E-state index contributed by atoms with van der Waals surface area (Å²) in [5.74, 6) is -0.139. The third-order valence-electron chi connectivity index (χ3n) is 3.88. The first-order chi connectivity index (χ1) is 8.41. The van der Waals surface area contributed by atoms with Crippen LogP contribution in [0.2, 0.25) is 0 Å². The first-order valence-electron chi connectivity index (χ1n) is 6.27. The summed E-state index contributed by atoms with van der Waals surface area (Å²) in [7, 11) is 0. The van der Waals surface area contributed by atoms with Crippen LogP contribution >= 0.6 is 0 Å². The van der Waals surface area contributed by atoms with Crippen LogP contribution in [-0.2, 0) is 14.3 Å². The summed E-state index contributed by atoms with van der Waals surface area (Å²) >= 11 is 0. The van der Waals surface area contributed by atoms with E-state index < -0.39 is 12.3 Å². The molecule has 5 heteroatoms. The molecule has 100 valence electrons. The molecule has 2 heterocycles. The normalized spacial score (nSPS) is 38.3. The molecule has 0 radical (unpaired) electrons. The van der Waals surface area contributed by atoms with Crippen molar-refractivity contribution in [1.82, 2.24) is 4.90 Å². The standard InChI is InChI=1S/C13H19NO4/c1-7-8(2)13(18-12(7)9(3)15)14-5-4-10(16)6-11(14)17/h4-5,7-9,12-13,15H,6H2,1-3H3/t7-,8-,9?,12-,13+/m0/s1. The number of rotatable bonds is 2. The van der Waals surface area contributed by atoms with E-state index >= 15 is 0 Å². The number of ether oxygens (including phenoxy) is 1. The first-order valence-corrected chi connectivity index (χ1v) is 6.27. The van der Waals surface area contributed by atoms with E-state index in [1.54, 1.807) is 6.92 Å². The lowest BCUT2D eigenvalue weighted by molar-refractivity contribution is -0.147. The molecular weight excluding hydrogens is 234 g/mol. The minimum Gasteiger partial charge on any atom is -0.391 e. The molecule has 0 bridgehead atoms. The first kappa shape index (κ1) is 13.2. The van der Waals surface area contributed by atoms with E-state index in [9.17, 15) is 14.7 Å². The summed E-state index contributed by atoms with van der Waals surface area (Å²) in [6.45, 7) is 5.69. The van der Waals surface area contributed by atoms with Crippen LogP contribution in [0.1, 0.15) is 27.2 Å². The number of ketones is 1. The SMILES string of the molecule is CC(O)[C@H]1O[C@@H](N2C=CC(=O)CC2=O)[C@@H](C)[C@@H]1C. The molecule has 0 spiro atoms. The van der Waals surface area contributed by atoms with Gasteiger partial charge in [-0.05, 0) is 18.9 Å². The van der Waals surface area contributed by atoms with Gasteiger partial charge < -0.3 is 9.84 Å². The van der Waals surface area contributed by atoms with Crippen LogP contribution in [-0.4, -0.2) is 40.1 Å². The minimum absolute atomic E-state index is 0.100. The monoisotopic (exact) mass is 253 g/mol. The average molecular weight is 253 g/mol. The largest absolute Gasteiger partial charge is 0.391 e. The van der Waals surface area contributed by atoms with Gasteiger partial charge in [-0.3, -0.25) is 14.5 Å². The van der Waals surface area contributed by atoms with Crippen molar-refractivity contribution in [3.8, 4) is 0 Å². The molecule has 2 rings (SSSR count). The van der Waals surface area contributed by atoms with Gasteiger partial charge in [0, 0.05) is 12.1 Å². The Balaban J connectivity index is 2.17. The number of aliphatic hydroxyl groups excluding tert-OH is 1. The summed E-state index contributed by atoms with van der Waals surface area (Å²) in [4.78, 5) is 24.4. The highest BCUT2D eigenvalue weighted by atomic mass is 16.5. The van der Waals surface area contributed by atoms with Crippen LogP contribution in [0.4, 0.5) is 0 Å². The highest BCUT2D eigenvalue weighted by molar-refractivity contribution is 6.06. The lowest BCUT2D eigenvalue weighted by Crippen LogP contribution is -2.42. The molecule has 0 aliphatic carbocycles. The Kier molecular flexibility index (Phi) is 3.54. The van der Waals surface area contributed by atoms with Crippen molar-refractivity contribution in [3.63, 3.8) is 0 Å². The van der Waals surface area contributed by atoms with E-state index in [0.29, 0.717) is 0 Å². The second kappa shape index (κ2) is 4.82. The lowest BCUT2D eigenvalue weighted by Gasteiger charge is -2.30. The summed E-state index contributed by atoms with van der Waals surface area (Å²) < 4.78 is 5.79. The van der Waals surface area contributed by atoms with Crippen LogP contribution in [0, 0.1) is 11.8 Å². The molecule has 1 unspecified atom stereocenters. The van der Waals surface area contributed by atoms with E-state index in [-0.39, 0.29) is 36.1 Å². The number of nitrogens with zero attached hydrogens (tertiary/aromatic N) is 1. The molecular formula is C13H19NO4. The second-order valence-electron chi connectivity index (χ2n) is 5.21. The van der Waals surface area contributed by atoms with E-state index in [0.717, 1.165) is 0 Å². The molecule has 0 aromatic rings. The number of hydrogen-bond donors (Lipinski definition) is 1. The highest BCUT2D eigenvalue weighted by Gasteiger charge is 2.45. The van der Waals surface area contributed by atoms with Gasteiger partial charge in [0.2, 0.25) is 5.91 Å². The Morgan fingerprint density at radius 2 is 2.06 bits per heavy atom. The van der Waals surface area contributed by atoms with Crippen LogP contribution in [0.3, 0.4) is 0 Å². The Morgan fingerprint density at radius 1 is 1.39 bits per heavy atom. The molecule has 1 N–H and O–H groups in total. The van der Waals surface area contributed by atoms with Crippen molar-refractivity contribution in [3.05, 3.63) is 12.3 Å². The van der Waals surface area contributed by atoms with E-state index in [4.69, 9.17) is 4.74 Å². The summed E-state index contributed by atoms with van der Waals surface area (Å²) in [6.07, 6.45) is 1.56. The predicted molar refractivity (Wildman–Crippen MR) is 64.3 cm³/mol. The predicted octanol–water partition coefficient (Wildman–Crippen LogP) is 0.679. The fourth-order valence-corrected chi connectivity index (χ4v) is 2.61. The highest BCUT2D eigenvalue weighted by Crippen LogP contribution is 2.36. The number of aliphatic hydroxyl groups is 1. The molecule has 18 heavy (non-hydrogen) atoms. The van der Waals surface area contributed by atoms with E-state index in [2.05, 4.69) is 0 Å². The topological polar surface area (TPSA) is 66.8 Å². The zero-order valence-electron chi connectivity index (χ0n) is 10.9. The van der Waals surface area contributed by atoms with Crippen molar-refractivity contribution >= 4 is 11.7 Å². The Labute approximate surface area is 106 Å². The quantitative estimate of drug-likeness (QED) is 0.735. The second-order valence-corrected chi connectivity index (χ2v) is 5.21. The average Bonchev–Trinajstić information content (AvgIpc) is 2.57. The number of amides is 1. The Bertz CT molecular complexity index is 390. The van der Waals surface area contributed by atoms with Crippen molar-refractivity contribution in [2.75, 3.05) is 0 Å². The van der Waals surface area contributed by atoms with Gasteiger partial charge in [0.05, 0.1) is 18.6 Å². The maximum absolute atomic E-state index is 11.8. The summed E-state index contributed by atoms with van der Waals surface area (Å²) in [5, 5.41) is 9.66. The third-order valence-corrected chi connectivity index (χ3v) is 3.88. The maximum atomic E-state index is 11.8. The van der Waals surface area contributed by atoms with E-state index in [1.807, 2.05) is 13.8 Å². The molecule has 1 fully saturated rings. The number of carbonyl (C=O) groups is 2. The zero-order chi connectivity index (χ0) is 13.4. The Hall–Kier alpha value is -1.20. The fourth-order valence-electron chi connectivity index (χ4n) is 2.61. The van der Waals surface area contributed by atoms with Gasteiger partial charge >= 0.3 is 0 Å². The minimum atomic E-state index is -0.571. The van der Waals surface area contributed by atoms with Gasteiger partial charge in [-0.2, -0.15) is 0 Å². The molecule has 2 aliphatic rings. The smallest absolute Gasteiger partial charge is 0.236 e. The van der Waals surface area contributed by atoms with Crippen molar-refractivity contribution in [2.24, 2.45) is 11.8 Å². The molecule has 5 atom stereocenters. The van der Waals surface area contributed by atoms with Crippen LogP contribution in [0.25, 0.3) is 0 Å². The summed E-state index contributed by atoms with van der Waals surface area (Å²) in [5.41, 5.74) is 0. The number of allylic oxidation sites excluding steroid dienone is 1. The van der Waals surface area contributed by atoms with Gasteiger partial charge in [0.25, 0.3) is 0 Å². The number of hydrogen-bond acceptors (Lipinski definition) is 4. The van der Waals surface area contributed by atoms with Crippen molar-refractivity contribution in [2.45, 2.75) is 45.6 Å². The number of carbonyl (C=O) groups excluding carboxylic acids is 2. The van der Waals surface area contributed by atoms with E-state index in [1.165, 1.54) is 17.2 Å². The van der Waals surface area contributed by atoms with Crippen LogP contribution in [0.5, 0.6) is 0 Å². The van der Waals surface area contributed by atoms with Gasteiger partial charge in [0.1, 0.15) is 6.23 Å². The molecule has 2 aliphatic heterocycles. The fraction of sp³-hybridized carbons (Fsp3) is 0.692. The molecule has 5 nitrogen and oxygen atoms in total. The molecule has 0 aromatic carbocycles. The van der Waals surface area contributed by atoms with Crippen LogP contribution in [0.15, 0.2) is 12.3 Å². The van der Waals surface area contributed by atoms with Gasteiger partial charge in [-0.25, -0.2) is 0 Å². The Morgan fingerprint density at radius 3 is 2.56 bits per heavy atom. The maximum Gasteiger partial charge on any atom is 0.236 e. The summed E-state index contributed by atoms with van der Waals surface area (Å²) in [6, 6.07) is 0. The molecule has 0 aromatic heterocycles. The molecule has 1 saturated heterocycles. The van der Waals surface area contributed by atoms with Crippen molar-refractivity contribution in [1.29, 1.82) is 0 Å². The molecule has 1 amide bonds. The van der Waals surface area contributed by atoms with Crippen molar-refractivity contribution < 1.29 is 19.4 Å². The zero-order valence-corrected chi connectivity index (χ0v) is 10.9. The van der Waals surface area contributed by atoms with Gasteiger partial charge in [-0.1, -0.05) is 13.8 Å². The van der Waals surface area contributed by atoms with Gasteiger partial charge in [0.15, 0.2) is 5.78 Å². The van der Waals surface area contributed by atoms with Crippen LogP contribution < -0.4 is 0 Å².